The summed E-state index contributed by atoms with van der Waals surface area (Å²) < 4.78 is 9.90. The van der Waals surface area contributed by atoms with E-state index in [4.69, 9.17) is 9.47 Å². The molecule has 148 valence electrons. The van der Waals surface area contributed by atoms with Gasteiger partial charge in [-0.3, -0.25) is 19.6 Å². The van der Waals surface area contributed by atoms with Crippen LogP contribution >= 0.6 is 0 Å². The van der Waals surface area contributed by atoms with Gasteiger partial charge in [-0.1, -0.05) is 12.1 Å². The largest absolute Gasteiger partial charge is 0.466 e. The van der Waals surface area contributed by atoms with Gasteiger partial charge < -0.3 is 9.47 Å². The number of carbonyl (C=O) groups is 2. The highest BCUT2D eigenvalue weighted by Crippen LogP contribution is 2.47. The molecule has 0 unspecified atom stereocenters. The fraction of sp³-hybridized carbons (Fsp3) is 0.455. The maximum Gasteiger partial charge on any atom is 0.309 e. The molecule has 4 atom stereocenters. The summed E-state index contributed by atoms with van der Waals surface area (Å²) in [5, 5.41) is 0. The average molecular weight is 382 g/mol. The zero-order valence-electron chi connectivity index (χ0n) is 16.3. The predicted octanol–water partition coefficient (Wildman–Crippen LogP) is 3.50. The van der Waals surface area contributed by atoms with E-state index in [1.54, 1.807) is 12.4 Å². The van der Waals surface area contributed by atoms with Crippen molar-refractivity contribution in [2.45, 2.75) is 38.5 Å². The number of esters is 2. The number of hydrogen-bond acceptors (Lipinski definition) is 6. The summed E-state index contributed by atoms with van der Waals surface area (Å²) in [7, 11) is 0. The van der Waals surface area contributed by atoms with Crippen molar-refractivity contribution in [3.8, 4) is 0 Å². The van der Waals surface area contributed by atoms with Gasteiger partial charge in [0.2, 0.25) is 0 Å². The number of pyridine rings is 2. The minimum Gasteiger partial charge on any atom is -0.466 e. The van der Waals surface area contributed by atoms with Crippen LogP contribution in [0.25, 0.3) is 0 Å². The van der Waals surface area contributed by atoms with Crippen molar-refractivity contribution in [3.63, 3.8) is 0 Å². The van der Waals surface area contributed by atoms with Crippen molar-refractivity contribution in [2.24, 2.45) is 11.8 Å². The Labute approximate surface area is 165 Å². The van der Waals surface area contributed by atoms with Crippen LogP contribution < -0.4 is 0 Å². The van der Waals surface area contributed by atoms with Gasteiger partial charge in [0.1, 0.15) is 0 Å². The Kier molecular flexibility index (Phi) is 6.74. The van der Waals surface area contributed by atoms with Crippen molar-refractivity contribution < 1.29 is 19.1 Å². The Bertz CT molecular complexity index is 714. The van der Waals surface area contributed by atoms with Gasteiger partial charge in [-0.15, -0.1) is 0 Å². The van der Waals surface area contributed by atoms with Crippen molar-refractivity contribution in [2.75, 3.05) is 13.2 Å². The molecule has 0 amide bonds. The van der Waals surface area contributed by atoms with Crippen LogP contribution in [0.4, 0.5) is 0 Å². The molecule has 2 aromatic heterocycles. The summed E-state index contributed by atoms with van der Waals surface area (Å²) in [5.41, 5.74) is 2.01. The van der Waals surface area contributed by atoms with E-state index in [-0.39, 0.29) is 35.6 Å². The van der Waals surface area contributed by atoms with Crippen LogP contribution in [0.3, 0.4) is 0 Å². The van der Waals surface area contributed by atoms with E-state index in [2.05, 4.69) is 9.97 Å². The average Bonchev–Trinajstić information content (AvgIpc) is 3.64. The number of ether oxygens (including phenoxy) is 2. The molecule has 2 aliphatic rings. The minimum atomic E-state index is -0.0804. The molecule has 28 heavy (non-hydrogen) atoms. The first-order valence-corrected chi connectivity index (χ1v) is 9.80. The summed E-state index contributed by atoms with van der Waals surface area (Å²) in [6.45, 7) is 4.58. The van der Waals surface area contributed by atoms with Gasteiger partial charge in [-0.25, -0.2) is 0 Å². The standard InChI is InChI=1S/2C11H13NO2/c2*1-2-14-11(13)9-7-8(9)10-5-3-4-6-12-10/h2*3-6,8-9H,2,7H2,1H3/t2*8-,9-/m10/s1. The Morgan fingerprint density at radius 2 is 1.25 bits per heavy atom. The molecule has 0 spiro atoms. The molecule has 2 saturated carbocycles. The van der Waals surface area contributed by atoms with Crippen LogP contribution in [-0.2, 0) is 19.1 Å². The summed E-state index contributed by atoms with van der Waals surface area (Å²) >= 11 is 0. The van der Waals surface area contributed by atoms with Gasteiger partial charge in [0.25, 0.3) is 0 Å². The van der Waals surface area contributed by atoms with E-state index in [1.165, 1.54) is 0 Å². The smallest absolute Gasteiger partial charge is 0.309 e. The van der Waals surface area contributed by atoms with Crippen LogP contribution in [0, 0.1) is 11.8 Å². The molecule has 0 aromatic carbocycles. The zero-order chi connectivity index (χ0) is 19.9. The third-order valence-corrected chi connectivity index (χ3v) is 4.89. The van der Waals surface area contributed by atoms with Crippen LogP contribution in [-0.4, -0.2) is 35.1 Å². The van der Waals surface area contributed by atoms with Gasteiger partial charge >= 0.3 is 11.9 Å². The molecule has 0 radical (unpaired) electrons. The van der Waals surface area contributed by atoms with Gasteiger partial charge in [-0.2, -0.15) is 0 Å². The lowest BCUT2D eigenvalue weighted by atomic mass is 10.2. The lowest BCUT2D eigenvalue weighted by Gasteiger charge is -2.00. The number of hydrogen-bond donors (Lipinski definition) is 0. The van der Waals surface area contributed by atoms with Crippen molar-refractivity contribution in [1.29, 1.82) is 0 Å². The Balaban J connectivity index is 0.000000161. The van der Waals surface area contributed by atoms with Crippen LogP contribution in [0.2, 0.25) is 0 Å². The van der Waals surface area contributed by atoms with E-state index >= 15 is 0 Å². The second kappa shape index (κ2) is 9.44. The molecular weight excluding hydrogens is 356 g/mol. The normalized spacial score (nSPS) is 24.4. The summed E-state index contributed by atoms with van der Waals surface area (Å²) in [6.07, 6.45) is 5.29. The minimum absolute atomic E-state index is 0.0462. The maximum atomic E-state index is 11.3. The van der Waals surface area contributed by atoms with E-state index in [1.807, 2.05) is 50.2 Å². The summed E-state index contributed by atoms with van der Waals surface area (Å²) in [6, 6.07) is 11.6. The highest BCUT2D eigenvalue weighted by Gasteiger charge is 2.46. The second-order valence-electron chi connectivity index (χ2n) is 6.91. The maximum absolute atomic E-state index is 11.3. The van der Waals surface area contributed by atoms with Gasteiger partial charge in [0, 0.05) is 35.6 Å². The fourth-order valence-corrected chi connectivity index (χ4v) is 3.25. The summed E-state index contributed by atoms with van der Waals surface area (Å²) in [4.78, 5) is 31.1. The van der Waals surface area contributed by atoms with E-state index in [9.17, 15) is 9.59 Å². The molecule has 0 bridgehead atoms. The van der Waals surface area contributed by atoms with Crippen molar-refractivity contribution in [1.82, 2.24) is 9.97 Å². The zero-order valence-corrected chi connectivity index (χ0v) is 16.3. The molecule has 2 heterocycles. The van der Waals surface area contributed by atoms with Gasteiger partial charge in [0.05, 0.1) is 25.0 Å². The molecule has 6 nitrogen and oxygen atoms in total. The monoisotopic (exact) mass is 382 g/mol. The Morgan fingerprint density at radius 3 is 1.57 bits per heavy atom. The number of carbonyl (C=O) groups excluding carboxylic acids is 2. The first kappa shape index (κ1) is 20.0. The van der Waals surface area contributed by atoms with Crippen LogP contribution in [0.5, 0.6) is 0 Å². The van der Waals surface area contributed by atoms with E-state index < -0.39 is 0 Å². The highest BCUT2D eigenvalue weighted by atomic mass is 16.5. The molecule has 2 aromatic rings. The molecule has 2 fully saturated rings. The Hall–Kier alpha value is -2.76. The highest BCUT2D eigenvalue weighted by molar-refractivity contribution is 5.77. The number of nitrogens with zero attached hydrogens (tertiary/aromatic N) is 2. The van der Waals surface area contributed by atoms with E-state index in [0.29, 0.717) is 13.2 Å². The summed E-state index contributed by atoms with van der Waals surface area (Å²) in [5.74, 6) is 0.506. The van der Waals surface area contributed by atoms with Gasteiger partial charge in [-0.05, 0) is 51.0 Å². The lowest BCUT2D eigenvalue weighted by Crippen LogP contribution is -2.07. The number of rotatable bonds is 6. The lowest BCUT2D eigenvalue weighted by molar-refractivity contribution is -0.145. The van der Waals surface area contributed by atoms with Gasteiger partial charge in [0.15, 0.2) is 0 Å². The first-order valence-electron chi connectivity index (χ1n) is 9.80. The quantitative estimate of drug-likeness (QED) is 0.712. The van der Waals surface area contributed by atoms with Crippen molar-refractivity contribution in [3.05, 3.63) is 60.2 Å². The Morgan fingerprint density at radius 1 is 0.821 bits per heavy atom. The molecule has 0 saturated heterocycles. The third-order valence-electron chi connectivity index (χ3n) is 4.89. The molecule has 4 rings (SSSR count). The number of aromatic nitrogens is 2. The molecular formula is C22H26N2O4. The van der Waals surface area contributed by atoms with E-state index in [0.717, 1.165) is 24.2 Å². The predicted molar refractivity (Wildman–Crippen MR) is 103 cm³/mol. The SMILES string of the molecule is CCOC(=O)[C@@H]1C[C@H]1c1ccccn1.CCOC(=O)[C@H]1C[C@@H]1c1ccccn1. The fourth-order valence-electron chi connectivity index (χ4n) is 3.25. The van der Waals surface area contributed by atoms with Crippen LogP contribution in [0.1, 0.15) is 49.9 Å². The molecule has 0 N–H and O–H groups in total. The van der Waals surface area contributed by atoms with Crippen LogP contribution in [0.15, 0.2) is 48.8 Å². The molecule has 6 heteroatoms. The molecule has 2 aliphatic carbocycles. The second-order valence-corrected chi connectivity index (χ2v) is 6.91. The molecule has 0 aliphatic heterocycles. The first-order chi connectivity index (χ1) is 13.7. The third kappa shape index (κ3) is 5.15. The topological polar surface area (TPSA) is 78.4 Å². The van der Waals surface area contributed by atoms with Crippen molar-refractivity contribution >= 4 is 11.9 Å².